The van der Waals surface area contributed by atoms with Gasteiger partial charge >= 0.3 is 0 Å². The molecule has 1 unspecified atom stereocenters. The zero-order valence-electron chi connectivity index (χ0n) is 11.3. The van der Waals surface area contributed by atoms with E-state index in [1.807, 2.05) is 12.1 Å². The number of anilines is 2. The van der Waals surface area contributed by atoms with Crippen LogP contribution >= 0.6 is 0 Å². The predicted octanol–water partition coefficient (Wildman–Crippen LogP) is 3.05. The maximum absolute atomic E-state index is 5.83. The zero-order valence-corrected chi connectivity index (χ0v) is 11.3. The Morgan fingerprint density at radius 2 is 2.33 bits per heavy atom. The molecular formula is C15H24N2O. The van der Waals surface area contributed by atoms with Crippen LogP contribution in [0.4, 0.5) is 11.4 Å². The molecule has 3 heteroatoms. The molecule has 0 aliphatic carbocycles. The largest absolute Gasteiger partial charge is 0.399 e. The molecule has 3 nitrogen and oxygen atoms in total. The van der Waals surface area contributed by atoms with Crippen LogP contribution in [-0.2, 0) is 4.74 Å². The fourth-order valence-electron chi connectivity index (χ4n) is 2.57. The highest BCUT2D eigenvalue weighted by Crippen LogP contribution is 2.20. The van der Waals surface area contributed by atoms with Crippen molar-refractivity contribution < 1.29 is 4.74 Å². The molecule has 1 heterocycles. The quantitative estimate of drug-likeness (QED) is 0.786. The molecule has 0 spiro atoms. The average Bonchev–Trinajstić information content (AvgIpc) is 2.88. The molecule has 1 aliphatic heterocycles. The SMILES string of the molecule is CCN(CCCC1CCCO1)c1cccc(N)c1. The lowest BCUT2D eigenvalue weighted by Crippen LogP contribution is -2.24. The molecule has 18 heavy (non-hydrogen) atoms. The van der Waals surface area contributed by atoms with Gasteiger partial charge in [0.25, 0.3) is 0 Å². The highest BCUT2D eigenvalue weighted by atomic mass is 16.5. The van der Waals surface area contributed by atoms with E-state index in [-0.39, 0.29) is 0 Å². The highest BCUT2D eigenvalue weighted by molar-refractivity contribution is 5.55. The van der Waals surface area contributed by atoms with E-state index in [1.165, 1.54) is 31.4 Å². The molecule has 1 atom stereocenters. The normalized spacial score (nSPS) is 19.1. The first-order valence-electron chi connectivity index (χ1n) is 7.01. The number of hydrogen-bond donors (Lipinski definition) is 1. The van der Waals surface area contributed by atoms with Crippen LogP contribution < -0.4 is 10.6 Å². The lowest BCUT2D eigenvalue weighted by molar-refractivity contribution is 0.103. The van der Waals surface area contributed by atoms with E-state index in [0.29, 0.717) is 6.10 Å². The van der Waals surface area contributed by atoms with Crippen LogP contribution in [-0.4, -0.2) is 25.8 Å². The molecule has 2 N–H and O–H groups in total. The van der Waals surface area contributed by atoms with Crippen molar-refractivity contribution in [1.82, 2.24) is 0 Å². The lowest BCUT2D eigenvalue weighted by Gasteiger charge is -2.24. The summed E-state index contributed by atoms with van der Waals surface area (Å²) < 4.78 is 5.65. The Bertz CT molecular complexity index is 361. The summed E-state index contributed by atoms with van der Waals surface area (Å²) in [5.74, 6) is 0. The van der Waals surface area contributed by atoms with Crippen LogP contribution in [0, 0.1) is 0 Å². The van der Waals surface area contributed by atoms with Gasteiger partial charge in [-0.1, -0.05) is 6.07 Å². The summed E-state index contributed by atoms with van der Waals surface area (Å²) in [6.07, 6.45) is 5.35. The summed E-state index contributed by atoms with van der Waals surface area (Å²) in [4.78, 5) is 2.38. The molecule has 1 fully saturated rings. The van der Waals surface area contributed by atoms with E-state index in [4.69, 9.17) is 10.5 Å². The number of ether oxygens (including phenoxy) is 1. The topological polar surface area (TPSA) is 38.5 Å². The van der Waals surface area contributed by atoms with Crippen LogP contribution in [0.25, 0.3) is 0 Å². The van der Waals surface area contributed by atoms with Crippen LogP contribution in [0.5, 0.6) is 0 Å². The van der Waals surface area contributed by atoms with Gasteiger partial charge in [0.2, 0.25) is 0 Å². The van der Waals surface area contributed by atoms with Gasteiger partial charge in [0, 0.05) is 31.1 Å². The highest BCUT2D eigenvalue weighted by Gasteiger charge is 2.15. The van der Waals surface area contributed by atoms with Crippen LogP contribution in [0.1, 0.15) is 32.6 Å². The van der Waals surface area contributed by atoms with Crippen molar-refractivity contribution in [2.75, 3.05) is 30.3 Å². The first-order chi connectivity index (χ1) is 8.79. The minimum absolute atomic E-state index is 0.504. The Morgan fingerprint density at radius 1 is 1.44 bits per heavy atom. The third kappa shape index (κ3) is 3.64. The number of benzene rings is 1. The van der Waals surface area contributed by atoms with E-state index in [0.717, 1.165) is 25.4 Å². The van der Waals surface area contributed by atoms with Gasteiger partial charge in [-0.15, -0.1) is 0 Å². The number of rotatable bonds is 6. The number of hydrogen-bond acceptors (Lipinski definition) is 3. The molecule has 1 saturated heterocycles. The summed E-state index contributed by atoms with van der Waals surface area (Å²) in [5, 5.41) is 0. The summed E-state index contributed by atoms with van der Waals surface area (Å²) in [5.41, 5.74) is 7.90. The smallest absolute Gasteiger partial charge is 0.0576 e. The van der Waals surface area contributed by atoms with E-state index in [9.17, 15) is 0 Å². The van der Waals surface area contributed by atoms with Crippen LogP contribution in [0.15, 0.2) is 24.3 Å². The van der Waals surface area contributed by atoms with Crippen LogP contribution in [0.2, 0.25) is 0 Å². The van der Waals surface area contributed by atoms with E-state index >= 15 is 0 Å². The first kappa shape index (κ1) is 13.2. The fraction of sp³-hybridized carbons (Fsp3) is 0.600. The second-order valence-electron chi connectivity index (χ2n) is 4.95. The molecule has 0 bridgehead atoms. The molecule has 0 radical (unpaired) electrons. The Balaban J connectivity index is 1.81. The predicted molar refractivity (Wildman–Crippen MR) is 76.9 cm³/mol. The zero-order chi connectivity index (χ0) is 12.8. The molecule has 100 valence electrons. The molecule has 1 aromatic rings. The van der Waals surface area contributed by atoms with Gasteiger partial charge in [-0.3, -0.25) is 0 Å². The Morgan fingerprint density at radius 3 is 3.00 bits per heavy atom. The Labute approximate surface area is 110 Å². The van der Waals surface area contributed by atoms with Crippen molar-refractivity contribution in [2.45, 2.75) is 38.7 Å². The third-order valence-electron chi connectivity index (χ3n) is 3.60. The number of nitrogen functional groups attached to an aromatic ring is 1. The second kappa shape index (κ2) is 6.64. The van der Waals surface area contributed by atoms with Crippen molar-refractivity contribution in [1.29, 1.82) is 0 Å². The minimum atomic E-state index is 0.504. The molecular weight excluding hydrogens is 224 g/mol. The number of nitrogens with zero attached hydrogens (tertiary/aromatic N) is 1. The fourth-order valence-corrected chi connectivity index (χ4v) is 2.57. The third-order valence-corrected chi connectivity index (χ3v) is 3.60. The van der Waals surface area contributed by atoms with Crippen molar-refractivity contribution >= 4 is 11.4 Å². The minimum Gasteiger partial charge on any atom is -0.399 e. The van der Waals surface area contributed by atoms with Gasteiger partial charge in [-0.25, -0.2) is 0 Å². The van der Waals surface area contributed by atoms with Gasteiger partial charge in [0.05, 0.1) is 6.10 Å². The van der Waals surface area contributed by atoms with Crippen LogP contribution in [0.3, 0.4) is 0 Å². The van der Waals surface area contributed by atoms with E-state index in [2.05, 4.69) is 24.0 Å². The van der Waals surface area contributed by atoms with Crippen molar-refractivity contribution in [3.8, 4) is 0 Å². The molecule has 1 aliphatic rings. The average molecular weight is 248 g/mol. The summed E-state index contributed by atoms with van der Waals surface area (Å²) in [6.45, 7) is 5.25. The molecule has 0 saturated carbocycles. The molecule has 0 amide bonds. The monoisotopic (exact) mass is 248 g/mol. The van der Waals surface area contributed by atoms with E-state index < -0.39 is 0 Å². The Kier molecular flexibility index (Phi) is 4.88. The first-order valence-corrected chi connectivity index (χ1v) is 7.01. The van der Waals surface area contributed by atoms with Crippen molar-refractivity contribution in [2.24, 2.45) is 0 Å². The van der Waals surface area contributed by atoms with Gasteiger partial charge in [-0.05, 0) is 50.8 Å². The lowest BCUT2D eigenvalue weighted by atomic mass is 10.1. The number of nitrogens with two attached hydrogens (primary N) is 1. The molecule has 0 aromatic heterocycles. The summed E-state index contributed by atoms with van der Waals surface area (Å²) in [7, 11) is 0. The van der Waals surface area contributed by atoms with E-state index in [1.54, 1.807) is 0 Å². The van der Waals surface area contributed by atoms with Crippen molar-refractivity contribution in [3.63, 3.8) is 0 Å². The molecule has 1 aromatic carbocycles. The maximum Gasteiger partial charge on any atom is 0.0576 e. The molecule has 2 rings (SSSR count). The van der Waals surface area contributed by atoms with Crippen molar-refractivity contribution in [3.05, 3.63) is 24.3 Å². The Hall–Kier alpha value is -1.22. The summed E-state index contributed by atoms with van der Waals surface area (Å²) in [6, 6.07) is 8.14. The van der Waals surface area contributed by atoms with Gasteiger partial charge < -0.3 is 15.4 Å². The summed E-state index contributed by atoms with van der Waals surface area (Å²) >= 11 is 0. The standard InChI is InChI=1S/C15H24N2O/c1-2-17(14-7-3-6-13(16)12-14)10-4-8-15-9-5-11-18-15/h3,6-7,12,15H,2,4-5,8-11,16H2,1H3. The second-order valence-corrected chi connectivity index (χ2v) is 4.95. The van der Waals surface area contributed by atoms with Gasteiger partial charge in [-0.2, -0.15) is 0 Å². The van der Waals surface area contributed by atoms with Gasteiger partial charge in [0.15, 0.2) is 0 Å². The van der Waals surface area contributed by atoms with Gasteiger partial charge in [0.1, 0.15) is 0 Å². The maximum atomic E-state index is 5.83.